The molecule has 2 rings (SSSR count). The lowest BCUT2D eigenvalue weighted by atomic mass is 10.0. The van der Waals surface area contributed by atoms with Gasteiger partial charge in [-0.3, -0.25) is 19.7 Å². The molecule has 2 amide bonds. The zero-order valence-corrected chi connectivity index (χ0v) is 12.2. The summed E-state index contributed by atoms with van der Waals surface area (Å²) in [5.74, 6) is -1.62. The van der Waals surface area contributed by atoms with Crippen LogP contribution in [-0.4, -0.2) is 30.2 Å². The van der Waals surface area contributed by atoms with E-state index in [-0.39, 0.29) is 17.9 Å². The quantitative estimate of drug-likeness (QED) is 0.678. The number of Topliss-reactive ketones (excluding diaryl/α,β-unsaturated/α-hetero) is 1. The van der Waals surface area contributed by atoms with Crippen LogP contribution in [0.25, 0.3) is 0 Å². The Labute approximate surface area is 122 Å². The summed E-state index contributed by atoms with van der Waals surface area (Å²) >= 11 is 0. The van der Waals surface area contributed by atoms with Gasteiger partial charge in [0.15, 0.2) is 5.78 Å². The van der Waals surface area contributed by atoms with Gasteiger partial charge in [0.1, 0.15) is 11.9 Å². The number of amides is 2. The van der Waals surface area contributed by atoms with Crippen LogP contribution in [0.4, 0.5) is 10.1 Å². The first kappa shape index (κ1) is 15.2. The molecule has 0 bridgehead atoms. The van der Waals surface area contributed by atoms with Crippen LogP contribution < -0.4 is 10.2 Å². The van der Waals surface area contributed by atoms with Gasteiger partial charge in [-0.15, -0.1) is 0 Å². The summed E-state index contributed by atoms with van der Waals surface area (Å²) in [5, 5.41) is 2.28. The van der Waals surface area contributed by atoms with Gasteiger partial charge in [0.25, 0.3) is 0 Å². The number of nitrogens with zero attached hydrogens (tertiary/aromatic N) is 1. The van der Waals surface area contributed by atoms with Gasteiger partial charge < -0.3 is 4.90 Å². The first-order valence-corrected chi connectivity index (χ1v) is 6.76. The zero-order valence-electron chi connectivity index (χ0n) is 12.2. The molecule has 1 heterocycles. The standard InChI is InChI=1S/C15H17FN2O3/c1-4-12-15(21)17-14(20)7-18(12)13-5-8(2)11(16)6-10(13)9(3)19/h5-6,12H,4,7H2,1-3H3,(H,17,20,21). The third-order valence-electron chi connectivity index (χ3n) is 3.61. The number of anilines is 1. The Hall–Kier alpha value is -2.24. The molecule has 21 heavy (non-hydrogen) atoms. The highest BCUT2D eigenvalue weighted by Gasteiger charge is 2.34. The molecule has 6 heteroatoms. The third kappa shape index (κ3) is 2.79. The van der Waals surface area contributed by atoms with Gasteiger partial charge in [0.05, 0.1) is 6.54 Å². The number of hydrogen-bond acceptors (Lipinski definition) is 4. The topological polar surface area (TPSA) is 66.5 Å². The fraction of sp³-hybridized carbons (Fsp3) is 0.400. The molecular formula is C15H17FN2O3. The van der Waals surface area contributed by atoms with E-state index in [2.05, 4.69) is 5.32 Å². The molecule has 0 aromatic heterocycles. The fourth-order valence-corrected chi connectivity index (χ4v) is 2.51. The SMILES string of the molecule is CCC1C(=O)NC(=O)CN1c1cc(C)c(F)cc1C(C)=O. The van der Waals surface area contributed by atoms with E-state index in [4.69, 9.17) is 0 Å². The number of aryl methyl sites for hydroxylation is 1. The Morgan fingerprint density at radius 2 is 2.10 bits per heavy atom. The molecule has 1 fully saturated rings. The maximum atomic E-state index is 13.7. The van der Waals surface area contributed by atoms with Crippen molar-refractivity contribution in [3.8, 4) is 0 Å². The predicted octanol–water partition coefficient (Wildman–Crippen LogP) is 1.58. The summed E-state index contributed by atoms with van der Waals surface area (Å²) in [7, 11) is 0. The molecule has 112 valence electrons. The first-order valence-electron chi connectivity index (χ1n) is 6.76. The lowest BCUT2D eigenvalue weighted by Crippen LogP contribution is -2.58. The van der Waals surface area contributed by atoms with Gasteiger partial charge in [-0.2, -0.15) is 0 Å². The highest BCUT2D eigenvalue weighted by Crippen LogP contribution is 2.28. The molecule has 1 aliphatic rings. The number of rotatable bonds is 3. The van der Waals surface area contributed by atoms with Crippen molar-refractivity contribution >= 4 is 23.3 Å². The van der Waals surface area contributed by atoms with E-state index >= 15 is 0 Å². The number of carbonyl (C=O) groups is 3. The minimum Gasteiger partial charge on any atom is -0.350 e. The zero-order chi connectivity index (χ0) is 15.7. The number of ketones is 1. The minimum atomic E-state index is -0.550. The molecule has 1 atom stereocenters. The van der Waals surface area contributed by atoms with Crippen LogP contribution in [-0.2, 0) is 9.59 Å². The average molecular weight is 292 g/mol. The summed E-state index contributed by atoms with van der Waals surface area (Å²) in [6.07, 6.45) is 0.479. The number of imide groups is 1. The molecular weight excluding hydrogens is 275 g/mol. The van der Waals surface area contributed by atoms with E-state index in [1.54, 1.807) is 11.8 Å². The molecule has 0 saturated carbocycles. The molecule has 5 nitrogen and oxygen atoms in total. The second kappa shape index (κ2) is 5.63. The highest BCUT2D eigenvalue weighted by atomic mass is 19.1. The van der Waals surface area contributed by atoms with Crippen molar-refractivity contribution in [3.05, 3.63) is 29.1 Å². The largest absolute Gasteiger partial charge is 0.350 e. The van der Waals surface area contributed by atoms with Gasteiger partial charge in [-0.1, -0.05) is 6.92 Å². The van der Waals surface area contributed by atoms with Crippen LogP contribution in [0.15, 0.2) is 12.1 Å². The maximum Gasteiger partial charge on any atom is 0.249 e. The van der Waals surface area contributed by atoms with Crippen LogP contribution >= 0.6 is 0 Å². The molecule has 1 unspecified atom stereocenters. The van der Waals surface area contributed by atoms with Crippen LogP contribution in [0.3, 0.4) is 0 Å². The van der Waals surface area contributed by atoms with Gasteiger partial charge in [-0.25, -0.2) is 4.39 Å². The predicted molar refractivity (Wildman–Crippen MR) is 75.7 cm³/mol. The molecule has 0 radical (unpaired) electrons. The number of hydrogen-bond donors (Lipinski definition) is 1. The van der Waals surface area contributed by atoms with E-state index in [1.807, 2.05) is 6.92 Å². The molecule has 0 spiro atoms. The van der Waals surface area contributed by atoms with E-state index in [1.165, 1.54) is 13.0 Å². The van der Waals surface area contributed by atoms with Crippen molar-refractivity contribution in [2.24, 2.45) is 0 Å². The average Bonchev–Trinajstić information content (AvgIpc) is 2.40. The first-order chi connectivity index (χ1) is 9.85. The lowest BCUT2D eigenvalue weighted by Gasteiger charge is -2.36. The molecule has 1 aromatic rings. The maximum absolute atomic E-state index is 13.7. The Bertz CT molecular complexity index is 628. The fourth-order valence-electron chi connectivity index (χ4n) is 2.51. The van der Waals surface area contributed by atoms with E-state index in [0.29, 0.717) is 17.7 Å². The van der Waals surface area contributed by atoms with Crippen molar-refractivity contribution in [2.45, 2.75) is 33.2 Å². The molecule has 1 aromatic carbocycles. The highest BCUT2D eigenvalue weighted by molar-refractivity contribution is 6.07. The Kier molecular flexibility index (Phi) is 4.06. The molecule has 1 N–H and O–H groups in total. The number of nitrogens with one attached hydrogen (secondary N) is 1. The summed E-state index contributed by atoms with van der Waals surface area (Å²) in [6.45, 7) is 4.70. The molecule has 1 aliphatic heterocycles. The van der Waals surface area contributed by atoms with E-state index < -0.39 is 23.7 Å². The number of piperazine rings is 1. The Morgan fingerprint density at radius 1 is 1.43 bits per heavy atom. The van der Waals surface area contributed by atoms with Crippen LogP contribution in [0, 0.1) is 12.7 Å². The smallest absolute Gasteiger partial charge is 0.249 e. The number of carbonyl (C=O) groups excluding carboxylic acids is 3. The summed E-state index contributed by atoms with van der Waals surface area (Å²) < 4.78 is 13.7. The van der Waals surface area contributed by atoms with Crippen molar-refractivity contribution in [1.82, 2.24) is 5.32 Å². The lowest BCUT2D eigenvalue weighted by molar-refractivity contribution is -0.132. The molecule has 0 aliphatic carbocycles. The van der Waals surface area contributed by atoms with Gasteiger partial charge in [0.2, 0.25) is 11.8 Å². The second-order valence-electron chi connectivity index (χ2n) is 5.14. The van der Waals surface area contributed by atoms with Crippen molar-refractivity contribution in [2.75, 3.05) is 11.4 Å². The van der Waals surface area contributed by atoms with Crippen molar-refractivity contribution < 1.29 is 18.8 Å². The monoisotopic (exact) mass is 292 g/mol. The van der Waals surface area contributed by atoms with Crippen LogP contribution in [0.2, 0.25) is 0 Å². The van der Waals surface area contributed by atoms with Gasteiger partial charge in [-0.05, 0) is 38.0 Å². The van der Waals surface area contributed by atoms with Gasteiger partial charge >= 0.3 is 0 Å². The summed E-state index contributed by atoms with van der Waals surface area (Å²) in [6, 6.07) is 2.13. The van der Waals surface area contributed by atoms with Crippen molar-refractivity contribution in [1.29, 1.82) is 0 Å². The summed E-state index contributed by atoms with van der Waals surface area (Å²) in [4.78, 5) is 36.9. The molecule has 1 saturated heterocycles. The van der Waals surface area contributed by atoms with Crippen LogP contribution in [0.5, 0.6) is 0 Å². The van der Waals surface area contributed by atoms with Gasteiger partial charge in [0, 0.05) is 11.3 Å². The third-order valence-corrected chi connectivity index (χ3v) is 3.61. The Balaban J connectivity index is 2.57. The normalized spacial score (nSPS) is 18.7. The van der Waals surface area contributed by atoms with E-state index in [9.17, 15) is 18.8 Å². The van der Waals surface area contributed by atoms with Crippen molar-refractivity contribution in [3.63, 3.8) is 0 Å². The van der Waals surface area contributed by atoms with E-state index in [0.717, 1.165) is 6.07 Å². The summed E-state index contributed by atoms with van der Waals surface area (Å²) in [5.41, 5.74) is 0.971. The van der Waals surface area contributed by atoms with Crippen LogP contribution in [0.1, 0.15) is 36.2 Å². The second-order valence-corrected chi connectivity index (χ2v) is 5.14. The number of halogens is 1. The Morgan fingerprint density at radius 3 is 2.67 bits per heavy atom. The minimum absolute atomic E-state index is 0.0321. The number of benzene rings is 1.